The third-order valence-electron chi connectivity index (χ3n) is 6.98. The number of fused-ring (bicyclic) bond motifs is 1. The molecule has 168 valence electrons. The van der Waals surface area contributed by atoms with Gasteiger partial charge in [-0.3, -0.25) is 9.59 Å². The van der Waals surface area contributed by atoms with E-state index in [0.29, 0.717) is 43.0 Å². The molecule has 2 aromatic carbocycles. The van der Waals surface area contributed by atoms with Crippen LogP contribution in [0.2, 0.25) is 5.02 Å². The molecule has 0 bridgehead atoms. The largest absolute Gasteiger partial charge is 0.492 e. The highest BCUT2D eigenvalue weighted by atomic mass is 79.9. The van der Waals surface area contributed by atoms with Crippen LogP contribution in [0, 0.1) is 11.2 Å². The second-order valence-corrected chi connectivity index (χ2v) is 10.2. The minimum absolute atomic E-state index is 0.0143. The summed E-state index contributed by atoms with van der Waals surface area (Å²) in [6, 6.07) is 7.95. The predicted octanol–water partition coefficient (Wildman–Crippen LogP) is 5.27. The zero-order valence-electron chi connectivity index (χ0n) is 17.4. The first kappa shape index (κ1) is 21.7. The van der Waals surface area contributed by atoms with Gasteiger partial charge in [-0.15, -0.1) is 0 Å². The third-order valence-corrected chi connectivity index (χ3v) is 7.74. The zero-order chi connectivity index (χ0) is 22.5. The Bertz CT molecular complexity index is 1100. The molecule has 1 saturated carbocycles. The quantitative estimate of drug-likeness (QED) is 0.598. The van der Waals surface area contributed by atoms with Gasteiger partial charge in [0.05, 0.1) is 28.3 Å². The Balaban J connectivity index is 1.25. The Kier molecular flexibility index (Phi) is 5.66. The van der Waals surface area contributed by atoms with Crippen LogP contribution in [0.5, 0.6) is 5.75 Å². The van der Waals surface area contributed by atoms with E-state index in [1.54, 1.807) is 17.0 Å². The number of carbonyl (C=O) groups excluding carboxylic acids is 2. The van der Waals surface area contributed by atoms with Crippen molar-refractivity contribution in [2.45, 2.75) is 44.6 Å². The number of amides is 2. The van der Waals surface area contributed by atoms with Crippen LogP contribution in [0.1, 0.15) is 48.0 Å². The van der Waals surface area contributed by atoms with Crippen LogP contribution in [-0.2, 0) is 11.2 Å². The molecule has 5 rings (SSSR count). The first-order chi connectivity index (χ1) is 15.4. The molecule has 1 N–H and O–H groups in total. The molecule has 2 heterocycles. The van der Waals surface area contributed by atoms with Crippen molar-refractivity contribution in [1.82, 2.24) is 5.32 Å². The van der Waals surface area contributed by atoms with E-state index < -0.39 is 11.2 Å². The topological polar surface area (TPSA) is 58.6 Å². The van der Waals surface area contributed by atoms with Crippen LogP contribution in [0.3, 0.4) is 0 Å². The van der Waals surface area contributed by atoms with Gasteiger partial charge in [-0.05, 0) is 68.0 Å². The highest BCUT2D eigenvalue weighted by Crippen LogP contribution is 2.47. The van der Waals surface area contributed by atoms with Crippen molar-refractivity contribution in [3.05, 3.63) is 56.8 Å². The average Bonchev–Trinajstić information content (AvgIpc) is 3.35. The second-order valence-electron chi connectivity index (χ2n) is 8.87. The van der Waals surface area contributed by atoms with Crippen molar-refractivity contribution in [3.8, 4) is 5.75 Å². The van der Waals surface area contributed by atoms with Crippen LogP contribution in [0.15, 0.2) is 34.8 Å². The van der Waals surface area contributed by atoms with Crippen LogP contribution in [0.25, 0.3) is 0 Å². The van der Waals surface area contributed by atoms with Crippen molar-refractivity contribution in [3.63, 3.8) is 0 Å². The Morgan fingerprint density at radius 1 is 1.22 bits per heavy atom. The standard InChI is InChI=1S/C24H23BrClFN2O3/c25-15-11-14-5-10-32-21(14)18(12-15)22(30)28-17-3-6-24(7-4-17)8-9-29(23(24)31)20-2-1-16(27)13-19(20)26/h1-2,11-13,17H,3-10H2,(H,28,30). The summed E-state index contributed by atoms with van der Waals surface area (Å²) in [5, 5.41) is 3.39. The van der Waals surface area contributed by atoms with E-state index in [-0.39, 0.29) is 22.9 Å². The number of hydrogen-bond donors (Lipinski definition) is 1. The maximum Gasteiger partial charge on any atom is 0.255 e. The van der Waals surface area contributed by atoms with Crippen LogP contribution in [-0.4, -0.2) is 31.0 Å². The number of hydrogen-bond acceptors (Lipinski definition) is 3. The summed E-state index contributed by atoms with van der Waals surface area (Å²) in [6.07, 6.45) is 4.43. The minimum atomic E-state index is -0.431. The minimum Gasteiger partial charge on any atom is -0.492 e. The molecule has 1 saturated heterocycles. The molecule has 1 spiro atoms. The van der Waals surface area contributed by atoms with Gasteiger partial charge in [-0.2, -0.15) is 0 Å². The van der Waals surface area contributed by atoms with Crippen LogP contribution in [0.4, 0.5) is 10.1 Å². The van der Waals surface area contributed by atoms with E-state index in [9.17, 15) is 14.0 Å². The van der Waals surface area contributed by atoms with E-state index in [1.165, 1.54) is 12.1 Å². The lowest BCUT2D eigenvalue weighted by Gasteiger charge is -2.36. The van der Waals surface area contributed by atoms with E-state index in [2.05, 4.69) is 21.2 Å². The molecule has 0 radical (unpaired) electrons. The summed E-state index contributed by atoms with van der Waals surface area (Å²) in [7, 11) is 0. The maximum absolute atomic E-state index is 13.4. The second kappa shape index (κ2) is 8.34. The fourth-order valence-electron chi connectivity index (χ4n) is 5.23. The fourth-order valence-corrected chi connectivity index (χ4v) is 6.00. The van der Waals surface area contributed by atoms with Crippen molar-refractivity contribution in [2.24, 2.45) is 5.41 Å². The molecule has 2 amide bonds. The zero-order valence-corrected chi connectivity index (χ0v) is 19.8. The molecule has 2 aromatic rings. The highest BCUT2D eigenvalue weighted by Gasteiger charge is 2.49. The fraction of sp³-hybridized carbons (Fsp3) is 0.417. The maximum atomic E-state index is 13.4. The van der Waals surface area contributed by atoms with Crippen molar-refractivity contribution < 1.29 is 18.7 Å². The number of rotatable bonds is 3. The lowest BCUT2D eigenvalue weighted by molar-refractivity contribution is -0.127. The summed E-state index contributed by atoms with van der Waals surface area (Å²) in [6.45, 7) is 1.16. The molecular formula is C24H23BrClFN2O3. The summed E-state index contributed by atoms with van der Waals surface area (Å²) < 4.78 is 20.0. The highest BCUT2D eigenvalue weighted by molar-refractivity contribution is 9.10. The Hall–Kier alpha value is -2.12. The summed E-state index contributed by atoms with van der Waals surface area (Å²) in [4.78, 5) is 28.0. The number of nitrogens with zero attached hydrogens (tertiary/aromatic N) is 1. The van der Waals surface area contributed by atoms with Gasteiger partial charge in [-0.1, -0.05) is 27.5 Å². The summed E-state index contributed by atoms with van der Waals surface area (Å²) >= 11 is 9.68. The normalized spacial score (nSPS) is 24.5. The number of ether oxygens (including phenoxy) is 1. The monoisotopic (exact) mass is 520 g/mol. The SMILES string of the molecule is O=C(NC1CCC2(CC1)CCN(c1ccc(F)cc1Cl)C2=O)c1cc(Br)cc2c1OCC2. The summed E-state index contributed by atoms with van der Waals surface area (Å²) in [5.74, 6) is 0.172. The third kappa shape index (κ3) is 3.79. The Labute approximate surface area is 199 Å². The number of benzene rings is 2. The van der Waals surface area contributed by atoms with Crippen molar-refractivity contribution in [2.75, 3.05) is 18.1 Å². The van der Waals surface area contributed by atoms with Gasteiger partial charge in [0.1, 0.15) is 11.6 Å². The molecule has 1 aliphatic carbocycles. The summed E-state index contributed by atoms with van der Waals surface area (Å²) in [5.41, 5.74) is 1.73. The first-order valence-corrected chi connectivity index (χ1v) is 12.1. The van der Waals surface area contributed by atoms with Gasteiger partial charge < -0.3 is 15.0 Å². The predicted molar refractivity (Wildman–Crippen MR) is 124 cm³/mol. The lowest BCUT2D eigenvalue weighted by Crippen LogP contribution is -2.44. The molecule has 2 fully saturated rings. The van der Waals surface area contributed by atoms with Gasteiger partial charge in [0.25, 0.3) is 5.91 Å². The van der Waals surface area contributed by atoms with Crippen LogP contribution < -0.4 is 15.0 Å². The molecule has 0 atom stereocenters. The van der Waals surface area contributed by atoms with E-state index >= 15 is 0 Å². The molecule has 3 aliphatic rings. The van der Waals surface area contributed by atoms with Crippen LogP contribution >= 0.6 is 27.5 Å². The molecule has 8 heteroatoms. The van der Waals surface area contributed by atoms with Crippen molar-refractivity contribution >= 4 is 45.0 Å². The smallest absolute Gasteiger partial charge is 0.255 e. The Morgan fingerprint density at radius 2 is 2.00 bits per heavy atom. The van der Waals surface area contributed by atoms with Crippen molar-refractivity contribution in [1.29, 1.82) is 0 Å². The van der Waals surface area contributed by atoms with E-state index in [1.807, 2.05) is 6.07 Å². The van der Waals surface area contributed by atoms with Gasteiger partial charge >= 0.3 is 0 Å². The van der Waals surface area contributed by atoms with E-state index in [0.717, 1.165) is 35.7 Å². The van der Waals surface area contributed by atoms with Gasteiger partial charge in [0, 0.05) is 23.5 Å². The lowest BCUT2D eigenvalue weighted by atomic mass is 9.71. The molecular weight excluding hydrogens is 499 g/mol. The van der Waals surface area contributed by atoms with Gasteiger partial charge in [-0.25, -0.2) is 4.39 Å². The average molecular weight is 522 g/mol. The van der Waals surface area contributed by atoms with E-state index in [4.69, 9.17) is 16.3 Å². The van der Waals surface area contributed by atoms with Gasteiger partial charge in [0.15, 0.2) is 0 Å². The number of nitrogens with one attached hydrogen (secondary N) is 1. The molecule has 2 aliphatic heterocycles. The number of anilines is 1. The Morgan fingerprint density at radius 3 is 2.75 bits per heavy atom. The number of halogens is 3. The molecule has 0 unspecified atom stereocenters. The molecule has 0 aromatic heterocycles. The molecule has 5 nitrogen and oxygen atoms in total. The van der Waals surface area contributed by atoms with Gasteiger partial charge in [0.2, 0.25) is 5.91 Å². The first-order valence-electron chi connectivity index (χ1n) is 10.9. The molecule has 32 heavy (non-hydrogen) atoms. The number of carbonyl (C=O) groups is 2.